The van der Waals surface area contributed by atoms with E-state index in [-0.39, 0.29) is 12.4 Å². The van der Waals surface area contributed by atoms with Gasteiger partial charge < -0.3 is 10.4 Å². The van der Waals surface area contributed by atoms with Gasteiger partial charge in [0, 0.05) is 6.54 Å². The SMILES string of the molecule is CC(=O)[C@](C)(Cc1ccccc1)NCCO. The molecule has 0 spiro atoms. The van der Waals surface area contributed by atoms with Gasteiger partial charge in [-0.15, -0.1) is 0 Å². The van der Waals surface area contributed by atoms with Crippen LogP contribution in [0.1, 0.15) is 19.4 Å². The average Bonchev–Trinajstić information content (AvgIpc) is 2.27. The number of hydrogen-bond donors (Lipinski definition) is 2. The molecule has 3 heteroatoms. The predicted octanol–water partition coefficient (Wildman–Crippen LogP) is 1.16. The smallest absolute Gasteiger partial charge is 0.149 e. The summed E-state index contributed by atoms with van der Waals surface area (Å²) in [6.45, 7) is 3.92. The Balaban J connectivity index is 2.75. The van der Waals surface area contributed by atoms with Crippen LogP contribution in [0.4, 0.5) is 0 Å². The van der Waals surface area contributed by atoms with E-state index in [1.165, 1.54) is 0 Å². The van der Waals surface area contributed by atoms with Crippen LogP contribution in [-0.2, 0) is 11.2 Å². The van der Waals surface area contributed by atoms with Crippen LogP contribution in [-0.4, -0.2) is 29.6 Å². The molecule has 0 unspecified atom stereocenters. The topological polar surface area (TPSA) is 49.3 Å². The van der Waals surface area contributed by atoms with E-state index in [2.05, 4.69) is 5.32 Å². The summed E-state index contributed by atoms with van der Waals surface area (Å²) in [5, 5.41) is 11.9. The van der Waals surface area contributed by atoms with Crippen molar-refractivity contribution in [1.82, 2.24) is 5.32 Å². The number of nitrogens with one attached hydrogen (secondary N) is 1. The van der Waals surface area contributed by atoms with E-state index in [1.807, 2.05) is 37.3 Å². The Morgan fingerprint density at radius 1 is 1.38 bits per heavy atom. The van der Waals surface area contributed by atoms with Crippen molar-refractivity contribution in [3.63, 3.8) is 0 Å². The lowest BCUT2D eigenvalue weighted by molar-refractivity contribution is -0.122. The monoisotopic (exact) mass is 221 g/mol. The number of Topliss-reactive ketones (excluding diaryl/α,β-unsaturated/α-hetero) is 1. The zero-order valence-electron chi connectivity index (χ0n) is 9.86. The van der Waals surface area contributed by atoms with Gasteiger partial charge in [-0.05, 0) is 25.8 Å². The molecule has 0 saturated carbocycles. The second kappa shape index (κ2) is 5.77. The van der Waals surface area contributed by atoms with Gasteiger partial charge in [0.2, 0.25) is 0 Å². The molecule has 0 heterocycles. The van der Waals surface area contributed by atoms with Gasteiger partial charge in [-0.2, -0.15) is 0 Å². The minimum absolute atomic E-state index is 0.0393. The fourth-order valence-electron chi connectivity index (χ4n) is 1.65. The predicted molar refractivity (Wildman–Crippen MR) is 64.3 cm³/mol. The van der Waals surface area contributed by atoms with Crippen molar-refractivity contribution in [3.05, 3.63) is 35.9 Å². The minimum atomic E-state index is -0.593. The van der Waals surface area contributed by atoms with Crippen LogP contribution in [0.2, 0.25) is 0 Å². The molecule has 0 saturated heterocycles. The van der Waals surface area contributed by atoms with E-state index < -0.39 is 5.54 Å². The quantitative estimate of drug-likeness (QED) is 0.758. The molecule has 0 aliphatic carbocycles. The number of benzene rings is 1. The van der Waals surface area contributed by atoms with Crippen LogP contribution < -0.4 is 5.32 Å². The van der Waals surface area contributed by atoms with E-state index in [0.29, 0.717) is 13.0 Å². The van der Waals surface area contributed by atoms with Crippen LogP contribution in [0.15, 0.2) is 30.3 Å². The number of aliphatic hydroxyl groups excluding tert-OH is 1. The van der Waals surface area contributed by atoms with Gasteiger partial charge in [0.25, 0.3) is 0 Å². The van der Waals surface area contributed by atoms with Crippen molar-refractivity contribution in [2.75, 3.05) is 13.2 Å². The molecule has 0 aliphatic rings. The van der Waals surface area contributed by atoms with Gasteiger partial charge in [0.05, 0.1) is 12.1 Å². The van der Waals surface area contributed by atoms with Gasteiger partial charge in [-0.3, -0.25) is 4.79 Å². The zero-order valence-corrected chi connectivity index (χ0v) is 9.86. The summed E-state index contributed by atoms with van der Waals surface area (Å²) in [5.41, 5.74) is 0.523. The third-order valence-electron chi connectivity index (χ3n) is 2.80. The molecule has 0 bridgehead atoms. The fraction of sp³-hybridized carbons (Fsp3) is 0.462. The second-order valence-corrected chi connectivity index (χ2v) is 4.20. The lowest BCUT2D eigenvalue weighted by Gasteiger charge is -2.28. The summed E-state index contributed by atoms with van der Waals surface area (Å²) in [7, 11) is 0. The minimum Gasteiger partial charge on any atom is -0.395 e. The molecular weight excluding hydrogens is 202 g/mol. The fourth-order valence-corrected chi connectivity index (χ4v) is 1.65. The highest BCUT2D eigenvalue weighted by atomic mass is 16.3. The Morgan fingerprint density at radius 3 is 2.50 bits per heavy atom. The Kier molecular flexibility index (Phi) is 4.65. The molecule has 1 aromatic carbocycles. The van der Waals surface area contributed by atoms with E-state index >= 15 is 0 Å². The molecule has 2 N–H and O–H groups in total. The highest BCUT2D eigenvalue weighted by Gasteiger charge is 2.28. The normalized spacial score (nSPS) is 14.4. The Morgan fingerprint density at radius 2 is 2.00 bits per heavy atom. The summed E-state index contributed by atoms with van der Waals surface area (Å²) in [6.07, 6.45) is 0.642. The number of carbonyl (C=O) groups is 1. The number of carbonyl (C=O) groups excluding carboxylic acids is 1. The molecule has 1 aromatic rings. The van der Waals surface area contributed by atoms with Crippen LogP contribution in [0.5, 0.6) is 0 Å². The third-order valence-corrected chi connectivity index (χ3v) is 2.80. The maximum atomic E-state index is 11.6. The van der Waals surface area contributed by atoms with Crippen molar-refractivity contribution < 1.29 is 9.90 Å². The number of β-amino-alcohol motifs (C(OH)–C–C–N with tert-alkyl or cyclic N) is 1. The Hall–Kier alpha value is -1.19. The first kappa shape index (κ1) is 12.9. The van der Waals surface area contributed by atoms with Crippen LogP contribution in [0, 0.1) is 0 Å². The molecule has 0 fully saturated rings. The summed E-state index contributed by atoms with van der Waals surface area (Å²) < 4.78 is 0. The molecule has 88 valence electrons. The largest absolute Gasteiger partial charge is 0.395 e. The Bertz CT molecular complexity index is 337. The summed E-state index contributed by atoms with van der Waals surface area (Å²) in [6, 6.07) is 9.88. The lowest BCUT2D eigenvalue weighted by Crippen LogP contribution is -2.51. The average molecular weight is 221 g/mol. The van der Waals surface area contributed by atoms with E-state index in [4.69, 9.17) is 5.11 Å². The number of rotatable bonds is 6. The first-order valence-corrected chi connectivity index (χ1v) is 5.49. The van der Waals surface area contributed by atoms with Gasteiger partial charge in [-0.25, -0.2) is 0 Å². The summed E-state index contributed by atoms with van der Waals surface area (Å²) >= 11 is 0. The van der Waals surface area contributed by atoms with Crippen LogP contribution in [0.25, 0.3) is 0 Å². The van der Waals surface area contributed by atoms with E-state index in [9.17, 15) is 4.79 Å². The molecule has 3 nitrogen and oxygen atoms in total. The molecule has 1 atom stereocenters. The number of aliphatic hydroxyl groups is 1. The maximum Gasteiger partial charge on any atom is 0.149 e. The first-order chi connectivity index (χ1) is 7.58. The highest BCUT2D eigenvalue weighted by Crippen LogP contribution is 2.14. The van der Waals surface area contributed by atoms with E-state index in [1.54, 1.807) is 6.92 Å². The van der Waals surface area contributed by atoms with Crippen LogP contribution >= 0.6 is 0 Å². The summed E-state index contributed by atoms with van der Waals surface area (Å²) in [4.78, 5) is 11.6. The first-order valence-electron chi connectivity index (χ1n) is 5.49. The van der Waals surface area contributed by atoms with Gasteiger partial charge >= 0.3 is 0 Å². The summed E-state index contributed by atoms with van der Waals surface area (Å²) in [5.74, 6) is 0.0878. The van der Waals surface area contributed by atoms with E-state index in [0.717, 1.165) is 5.56 Å². The molecule has 0 amide bonds. The van der Waals surface area contributed by atoms with Crippen molar-refractivity contribution in [1.29, 1.82) is 0 Å². The Labute approximate surface area is 96.5 Å². The maximum absolute atomic E-state index is 11.6. The molecule has 1 rings (SSSR count). The highest BCUT2D eigenvalue weighted by molar-refractivity contribution is 5.86. The van der Waals surface area contributed by atoms with Gasteiger partial charge in [0.1, 0.15) is 5.78 Å². The lowest BCUT2D eigenvalue weighted by atomic mass is 9.89. The van der Waals surface area contributed by atoms with Crippen molar-refractivity contribution in [3.8, 4) is 0 Å². The standard InChI is InChI=1S/C13H19NO2/c1-11(16)13(2,14-8-9-15)10-12-6-4-3-5-7-12/h3-7,14-15H,8-10H2,1-2H3/t13-/m0/s1. The second-order valence-electron chi connectivity index (χ2n) is 4.20. The van der Waals surface area contributed by atoms with Crippen molar-refractivity contribution >= 4 is 5.78 Å². The van der Waals surface area contributed by atoms with Gasteiger partial charge in [-0.1, -0.05) is 30.3 Å². The zero-order chi connectivity index (χ0) is 12.0. The molecule has 0 radical (unpaired) electrons. The van der Waals surface area contributed by atoms with Crippen molar-refractivity contribution in [2.45, 2.75) is 25.8 Å². The van der Waals surface area contributed by atoms with Crippen molar-refractivity contribution in [2.24, 2.45) is 0 Å². The molecule has 0 aromatic heterocycles. The number of hydrogen-bond acceptors (Lipinski definition) is 3. The van der Waals surface area contributed by atoms with Gasteiger partial charge in [0.15, 0.2) is 0 Å². The third kappa shape index (κ3) is 3.43. The number of ketones is 1. The molecule has 16 heavy (non-hydrogen) atoms. The van der Waals surface area contributed by atoms with Crippen LogP contribution in [0.3, 0.4) is 0 Å². The molecular formula is C13H19NO2. The molecule has 0 aliphatic heterocycles.